The van der Waals surface area contributed by atoms with Crippen molar-refractivity contribution in [1.29, 1.82) is 0 Å². The molecule has 126 valence electrons. The molecule has 3 aromatic rings. The molecule has 3 rings (SSSR count). The van der Waals surface area contributed by atoms with Crippen molar-refractivity contribution in [2.45, 2.75) is 0 Å². The Labute approximate surface area is 141 Å². The minimum Gasteiger partial charge on any atom is -0.313 e. The average molecular weight is 340 g/mol. The maximum atomic E-state index is 12.9. The van der Waals surface area contributed by atoms with Crippen LogP contribution in [0.3, 0.4) is 0 Å². The van der Waals surface area contributed by atoms with Crippen LogP contribution >= 0.6 is 0 Å². The van der Waals surface area contributed by atoms with E-state index in [1.807, 2.05) is 0 Å². The number of nitrogens with zero attached hydrogens (tertiary/aromatic N) is 3. The predicted molar refractivity (Wildman–Crippen MR) is 89.7 cm³/mol. The molecular formula is C17H13FN4O3. The summed E-state index contributed by atoms with van der Waals surface area (Å²) in [7, 11) is 1.71. The van der Waals surface area contributed by atoms with E-state index in [2.05, 4.69) is 10.3 Å². The third kappa shape index (κ3) is 3.37. The van der Waals surface area contributed by atoms with E-state index in [0.717, 1.165) is 5.56 Å². The molecule has 0 unspecified atom stereocenters. The lowest BCUT2D eigenvalue weighted by molar-refractivity contribution is -0.384. The molecule has 0 aliphatic carbocycles. The van der Waals surface area contributed by atoms with E-state index in [1.165, 1.54) is 36.4 Å². The van der Waals surface area contributed by atoms with E-state index in [1.54, 1.807) is 29.9 Å². The number of hydrogen-bond donors (Lipinski definition) is 1. The van der Waals surface area contributed by atoms with Gasteiger partial charge < -0.3 is 4.57 Å². The third-order valence-corrected chi connectivity index (χ3v) is 3.69. The monoisotopic (exact) mass is 340 g/mol. The van der Waals surface area contributed by atoms with Crippen LogP contribution < -0.4 is 5.32 Å². The number of nitro groups is 1. The fourth-order valence-electron chi connectivity index (χ4n) is 2.32. The Morgan fingerprint density at radius 1 is 1.16 bits per heavy atom. The molecule has 0 aliphatic heterocycles. The molecule has 0 spiro atoms. The number of aromatic nitrogens is 2. The highest BCUT2D eigenvalue weighted by molar-refractivity contribution is 6.03. The van der Waals surface area contributed by atoms with Crippen molar-refractivity contribution < 1.29 is 14.1 Å². The highest BCUT2D eigenvalue weighted by atomic mass is 19.1. The van der Waals surface area contributed by atoms with Gasteiger partial charge in [0.1, 0.15) is 5.82 Å². The number of rotatable bonds is 4. The standard InChI is InChI=1S/C17H13FN4O3/c1-21-15(11-4-8-14(9-5-11)22(24)25)10-19-17(21)20-16(23)12-2-6-13(18)7-3-12/h2-10H,1H3,(H,19,20,23). The highest BCUT2D eigenvalue weighted by Gasteiger charge is 2.14. The van der Waals surface area contributed by atoms with Gasteiger partial charge in [-0.3, -0.25) is 20.2 Å². The van der Waals surface area contributed by atoms with E-state index in [4.69, 9.17) is 0 Å². The van der Waals surface area contributed by atoms with Crippen LogP contribution in [0.15, 0.2) is 54.7 Å². The normalized spacial score (nSPS) is 10.5. The van der Waals surface area contributed by atoms with Crippen molar-refractivity contribution in [3.8, 4) is 11.3 Å². The van der Waals surface area contributed by atoms with Gasteiger partial charge in [0.25, 0.3) is 11.6 Å². The molecule has 0 aliphatic rings. The maximum absolute atomic E-state index is 12.9. The summed E-state index contributed by atoms with van der Waals surface area (Å²) in [6.07, 6.45) is 1.56. The Morgan fingerprint density at radius 2 is 1.80 bits per heavy atom. The lowest BCUT2D eigenvalue weighted by Gasteiger charge is -2.07. The topological polar surface area (TPSA) is 90.1 Å². The summed E-state index contributed by atoms with van der Waals surface area (Å²) in [6.45, 7) is 0. The third-order valence-electron chi connectivity index (χ3n) is 3.69. The van der Waals surface area contributed by atoms with Crippen molar-refractivity contribution in [1.82, 2.24) is 9.55 Å². The molecule has 0 atom stereocenters. The van der Waals surface area contributed by atoms with Gasteiger partial charge in [0.05, 0.1) is 16.8 Å². The molecule has 1 aromatic heterocycles. The first-order valence-corrected chi connectivity index (χ1v) is 7.29. The van der Waals surface area contributed by atoms with E-state index in [0.29, 0.717) is 17.2 Å². The number of nitrogens with one attached hydrogen (secondary N) is 1. The number of carbonyl (C=O) groups excluding carboxylic acids is 1. The van der Waals surface area contributed by atoms with Gasteiger partial charge in [0.2, 0.25) is 5.95 Å². The number of anilines is 1. The van der Waals surface area contributed by atoms with Crippen LogP contribution in [-0.4, -0.2) is 20.4 Å². The first-order chi connectivity index (χ1) is 12.0. The molecule has 2 aromatic carbocycles. The fraction of sp³-hybridized carbons (Fsp3) is 0.0588. The first-order valence-electron chi connectivity index (χ1n) is 7.29. The second kappa shape index (κ2) is 6.52. The molecule has 1 heterocycles. The molecule has 0 fully saturated rings. The number of amides is 1. The highest BCUT2D eigenvalue weighted by Crippen LogP contribution is 2.24. The quantitative estimate of drug-likeness (QED) is 0.582. The molecule has 0 saturated carbocycles. The molecule has 1 amide bonds. The molecule has 25 heavy (non-hydrogen) atoms. The van der Waals surface area contributed by atoms with Crippen molar-refractivity contribution >= 4 is 17.5 Å². The van der Waals surface area contributed by atoms with Gasteiger partial charge in [-0.05, 0) is 36.4 Å². The summed E-state index contributed by atoms with van der Waals surface area (Å²) in [6, 6.07) is 11.2. The van der Waals surface area contributed by atoms with Crippen molar-refractivity contribution in [3.05, 3.63) is 76.2 Å². The van der Waals surface area contributed by atoms with Crippen LogP contribution in [0.25, 0.3) is 11.3 Å². The van der Waals surface area contributed by atoms with Crippen LogP contribution in [0.5, 0.6) is 0 Å². The summed E-state index contributed by atoms with van der Waals surface area (Å²) < 4.78 is 14.6. The molecular weight excluding hydrogens is 327 g/mol. The zero-order chi connectivity index (χ0) is 18.0. The lowest BCUT2D eigenvalue weighted by atomic mass is 10.1. The summed E-state index contributed by atoms with van der Waals surface area (Å²) in [5, 5.41) is 13.4. The summed E-state index contributed by atoms with van der Waals surface area (Å²) in [5.74, 6) is -0.527. The predicted octanol–water partition coefficient (Wildman–Crippen LogP) is 3.39. The molecule has 1 N–H and O–H groups in total. The molecule has 0 radical (unpaired) electrons. The van der Waals surface area contributed by atoms with Gasteiger partial charge in [0.15, 0.2) is 0 Å². The van der Waals surface area contributed by atoms with Gasteiger partial charge in [-0.25, -0.2) is 9.37 Å². The number of halogens is 1. The molecule has 0 bridgehead atoms. The maximum Gasteiger partial charge on any atom is 0.269 e. The minimum absolute atomic E-state index is 0.00393. The van der Waals surface area contributed by atoms with Crippen LogP contribution in [-0.2, 0) is 7.05 Å². The van der Waals surface area contributed by atoms with Gasteiger partial charge in [0, 0.05) is 30.3 Å². The van der Waals surface area contributed by atoms with E-state index < -0.39 is 16.6 Å². The minimum atomic E-state index is -0.471. The average Bonchev–Trinajstić information content (AvgIpc) is 2.96. The Balaban J connectivity index is 1.82. The van der Waals surface area contributed by atoms with E-state index >= 15 is 0 Å². The molecule has 7 nitrogen and oxygen atoms in total. The number of carbonyl (C=O) groups is 1. The van der Waals surface area contributed by atoms with Gasteiger partial charge in [-0.2, -0.15) is 0 Å². The zero-order valence-corrected chi connectivity index (χ0v) is 13.1. The summed E-state index contributed by atoms with van der Waals surface area (Å²) in [4.78, 5) is 26.6. The van der Waals surface area contributed by atoms with Crippen molar-refractivity contribution in [2.75, 3.05) is 5.32 Å². The largest absolute Gasteiger partial charge is 0.313 e. The number of benzene rings is 2. The number of nitro benzene ring substituents is 1. The van der Waals surface area contributed by atoms with Crippen molar-refractivity contribution in [3.63, 3.8) is 0 Å². The van der Waals surface area contributed by atoms with E-state index in [9.17, 15) is 19.3 Å². The summed E-state index contributed by atoms with van der Waals surface area (Å²) in [5.41, 5.74) is 1.71. The van der Waals surface area contributed by atoms with E-state index in [-0.39, 0.29) is 5.69 Å². The SMILES string of the molecule is Cn1c(-c2ccc([N+](=O)[O-])cc2)cnc1NC(=O)c1ccc(F)cc1. The Hall–Kier alpha value is -3.55. The fourth-order valence-corrected chi connectivity index (χ4v) is 2.32. The van der Waals surface area contributed by atoms with Crippen LogP contribution in [0.1, 0.15) is 10.4 Å². The molecule has 8 heteroatoms. The Morgan fingerprint density at radius 3 is 2.40 bits per heavy atom. The van der Waals surface area contributed by atoms with Crippen LogP contribution in [0.2, 0.25) is 0 Å². The first kappa shape index (κ1) is 16.3. The number of hydrogen-bond acceptors (Lipinski definition) is 4. The van der Waals surface area contributed by atoms with Crippen LogP contribution in [0.4, 0.5) is 16.0 Å². The number of non-ortho nitro benzene ring substituents is 1. The Bertz CT molecular complexity index is 934. The second-order valence-electron chi connectivity index (χ2n) is 5.29. The zero-order valence-electron chi connectivity index (χ0n) is 13.1. The Kier molecular flexibility index (Phi) is 4.25. The van der Waals surface area contributed by atoms with Crippen molar-refractivity contribution in [2.24, 2.45) is 7.05 Å². The molecule has 0 saturated heterocycles. The van der Waals surface area contributed by atoms with Gasteiger partial charge in [-0.15, -0.1) is 0 Å². The van der Waals surface area contributed by atoms with Gasteiger partial charge in [-0.1, -0.05) is 0 Å². The smallest absolute Gasteiger partial charge is 0.269 e. The second-order valence-corrected chi connectivity index (χ2v) is 5.29. The lowest BCUT2D eigenvalue weighted by Crippen LogP contribution is -2.15. The van der Waals surface area contributed by atoms with Crippen LogP contribution in [0, 0.1) is 15.9 Å². The summed E-state index contributed by atoms with van der Waals surface area (Å²) >= 11 is 0. The number of imidazole rings is 1. The van der Waals surface area contributed by atoms with Gasteiger partial charge >= 0.3 is 0 Å².